The maximum Gasteiger partial charge on any atom is 0.251 e. The maximum atomic E-state index is 12.1. The molecule has 0 unspecified atom stereocenters. The van der Waals surface area contributed by atoms with E-state index in [2.05, 4.69) is 10.0 Å². The van der Waals surface area contributed by atoms with Gasteiger partial charge in [-0.25, -0.2) is 13.1 Å². The minimum atomic E-state index is -3.64. The van der Waals surface area contributed by atoms with E-state index < -0.39 is 10.0 Å². The number of rotatable bonds is 10. The Morgan fingerprint density at radius 1 is 1.26 bits per heavy atom. The van der Waals surface area contributed by atoms with E-state index in [1.807, 2.05) is 0 Å². The molecule has 132 valence electrons. The van der Waals surface area contributed by atoms with Crippen LogP contribution in [-0.4, -0.2) is 47.7 Å². The van der Waals surface area contributed by atoms with E-state index in [0.717, 1.165) is 12.8 Å². The molecule has 0 aromatic heterocycles. The van der Waals surface area contributed by atoms with Gasteiger partial charge in [0.05, 0.1) is 11.5 Å². The van der Waals surface area contributed by atoms with Gasteiger partial charge in [0.2, 0.25) is 10.0 Å². The summed E-state index contributed by atoms with van der Waals surface area (Å²) in [6.45, 7) is 1.55. The second-order valence-electron chi connectivity index (χ2n) is 4.67. The zero-order valence-electron chi connectivity index (χ0n) is 13.1. The molecular weight excluding hydrogens is 342 g/mol. The normalized spacial score (nSPS) is 10.9. The zero-order valence-corrected chi connectivity index (χ0v) is 14.7. The number of benzene rings is 1. The van der Waals surface area contributed by atoms with Crippen molar-refractivity contribution in [1.29, 1.82) is 0 Å². The van der Waals surface area contributed by atoms with Crippen molar-refractivity contribution in [1.82, 2.24) is 10.0 Å². The van der Waals surface area contributed by atoms with Crippen LogP contribution in [0.1, 0.15) is 23.2 Å². The molecule has 0 aliphatic carbocycles. The fourth-order valence-electron chi connectivity index (χ4n) is 1.74. The molecule has 0 radical (unpaired) electrons. The second-order valence-corrected chi connectivity index (χ2v) is 6.44. The molecule has 0 aliphatic rings. The lowest BCUT2D eigenvalue weighted by atomic mass is 10.2. The minimum absolute atomic E-state index is 0. The van der Waals surface area contributed by atoms with E-state index in [0.29, 0.717) is 18.7 Å². The van der Waals surface area contributed by atoms with Crippen molar-refractivity contribution in [3.63, 3.8) is 0 Å². The first-order chi connectivity index (χ1) is 10.5. The van der Waals surface area contributed by atoms with Gasteiger partial charge in [-0.3, -0.25) is 4.79 Å². The van der Waals surface area contributed by atoms with E-state index in [1.165, 1.54) is 19.2 Å². The summed E-state index contributed by atoms with van der Waals surface area (Å²) in [6.07, 6.45) is 1.62. The number of unbranched alkanes of at least 4 members (excludes halogenated alkanes) is 1. The lowest BCUT2D eigenvalue weighted by molar-refractivity contribution is 0.0953. The number of nitrogens with two attached hydrogens (primary N) is 1. The fraction of sp³-hybridized carbons (Fsp3) is 0.500. The first-order valence-electron chi connectivity index (χ1n) is 7.08. The van der Waals surface area contributed by atoms with Gasteiger partial charge in [-0.05, 0) is 37.6 Å². The van der Waals surface area contributed by atoms with Crippen LogP contribution in [0.2, 0.25) is 0 Å². The molecule has 1 aromatic carbocycles. The largest absolute Gasteiger partial charge is 0.383 e. The Labute approximate surface area is 143 Å². The van der Waals surface area contributed by atoms with E-state index >= 15 is 0 Å². The molecule has 0 atom stereocenters. The third kappa shape index (κ3) is 7.76. The van der Waals surface area contributed by atoms with Crippen LogP contribution in [-0.2, 0) is 14.8 Å². The SMILES string of the molecule is COCCNS(=O)(=O)c1cccc(C(=O)NCCCCN)c1.Cl. The third-order valence-electron chi connectivity index (χ3n) is 2.92. The van der Waals surface area contributed by atoms with Gasteiger partial charge in [-0.15, -0.1) is 12.4 Å². The predicted molar refractivity (Wildman–Crippen MR) is 91.4 cm³/mol. The molecule has 7 nitrogen and oxygen atoms in total. The van der Waals surface area contributed by atoms with E-state index in [-0.39, 0.29) is 36.4 Å². The number of nitrogens with one attached hydrogen (secondary N) is 2. The van der Waals surface area contributed by atoms with Crippen LogP contribution in [0, 0.1) is 0 Å². The van der Waals surface area contributed by atoms with Crippen LogP contribution < -0.4 is 15.8 Å². The second kappa shape index (κ2) is 11.4. The van der Waals surface area contributed by atoms with Crippen molar-refractivity contribution >= 4 is 28.3 Å². The quantitative estimate of drug-likeness (QED) is 0.523. The smallest absolute Gasteiger partial charge is 0.251 e. The Hall–Kier alpha value is -1.19. The van der Waals surface area contributed by atoms with Gasteiger partial charge in [-0.1, -0.05) is 6.07 Å². The lowest BCUT2D eigenvalue weighted by Gasteiger charge is -2.08. The Morgan fingerprint density at radius 2 is 2.00 bits per heavy atom. The molecule has 0 fully saturated rings. The average Bonchev–Trinajstić information content (AvgIpc) is 2.51. The Kier molecular flexibility index (Phi) is 10.8. The highest BCUT2D eigenvalue weighted by Crippen LogP contribution is 2.11. The zero-order chi connectivity index (χ0) is 16.4. The third-order valence-corrected chi connectivity index (χ3v) is 4.38. The van der Waals surface area contributed by atoms with Gasteiger partial charge in [0, 0.05) is 25.8 Å². The number of carbonyl (C=O) groups is 1. The first-order valence-corrected chi connectivity index (χ1v) is 8.56. The summed E-state index contributed by atoms with van der Waals surface area (Å²) in [6, 6.07) is 5.92. The molecule has 1 amide bonds. The molecule has 1 aromatic rings. The minimum Gasteiger partial charge on any atom is -0.383 e. The van der Waals surface area contributed by atoms with Crippen molar-refractivity contribution in [2.75, 3.05) is 33.4 Å². The summed E-state index contributed by atoms with van der Waals surface area (Å²) in [5.41, 5.74) is 5.69. The molecule has 0 saturated carbocycles. The Balaban J connectivity index is 0.00000484. The molecule has 4 N–H and O–H groups in total. The lowest BCUT2D eigenvalue weighted by Crippen LogP contribution is -2.28. The Bertz CT molecular complexity index is 581. The molecule has 23 heavy (non-hydrogen) atoms. The van der Waals surface area contributed by atoms with E-state index in [9.17, 15) is 13.2 Å². The summed E-state index contributed by atoms with van der Waals surface area (Å²) in [4.78, 5) is 12.0. The highest BCUT2D eigenvalue weighted by Gasteiger charge is 2.15. The van der Waals surface area contributed by atoms with E-state index in [1.54, 1.807) is 12.1 Å². The maximum absolute atomic E-state index is 12.1. The summed E-state index contributed by atoms with van der Waals surface area (Å²) >= 11 is 0. The standard InChI is InChI=1S/C14H23N3O4S.ClH/c1-21-10-9-17-22(19,20)13-6-4-5-12(11-13)14(18)16-8-3-2-7-15;/h4-6,11,17H,2-3,7-10,15H2,1H3,(H,16,18);1H. The number of carbonyl (C=O) groups excluding carboxylic acids is 1. The summed E-state index contributed by atoms with van der Waals surface area (Å²) in [5.74, 6) is -0.300. The summed E-state index contributed by atoms with van der Waals surface area (Å²) in [7, 11) is -2.15. The van der Waals surface area contributed by atoms with Crippen molar-refractivity contribution in [3.8, 4) is 0 Å². The molecule has 0 saturated heterocycles. The fourth-order valence-corrected chi connectivity index (χ4v) is 2.80. The number of hydrogen-bond donors (Lipinski definition) is 3. The molecule has 0 aliphatic heterocycles. The van der Waals surface area contributed by atoms with Crippen molar-refractivity contribution in [3.05, 3.63) is 29.8 Å². The average molecular weight is 366 g/mol. The monoisotopic (exact) mass is 365 g/mol. The van der Waals surface area contributed by atoms with Crippen LogP contribution in [0.25, 0.3) is 0 Å². The molecule has 1 rings (SSSR count). The van der Waals surface area contributed by atoms with Gasteiger partial charge in [0.15, 0.2) is 0 Å². The number of sulfonamides is 1. The number of ether oxygens (including phenoxy) is 1. The van der Waals surface area contributed by atoms with Gasteiger partial charge >= 0.3 is 0 Å². The highest BCUT2D eigenvalue weighted by atomic mass is 35.5. The predicted octanol–water partition coefficient (Wildman–Crippen LogP) is 0.502. The van der Waals surface area contributed by atoms with Crippen LogP contribution in [0.5, 0.6) is 0 Å². The topological polar surface area (TPSA) is 111 Å². The van der Waals surface area contributed by atoms with Crippen LogP contribution >= 0.6 is 12.4 Å². The molecule has 0 spiro atoms. The first kappa shape index (κ1) is 21.8. The number of amides is 1. The van der Waals surface area contributed by atoms with Gasteiger partial charge in [0.1, 0.15) is 0 Å². The van der Waals surface area contributed by atoms with Crippen LogP contribution in [0.4, 0.5) is 0 Å². The molecule has 9 heteroatoms. The Morgan fingerprint density at radius 3 is 2.65 bits per heavy atom. The van der Waals surface area contributed by atoms with Gasteiger partial charge < -0.3 is 15.8 Å². The van der Waals surface area contributed by atoms with E-state index in [4.69, 9.17) is 10.5 Å². The van der Waals surface area contributed by atoms with Crippen LogP contribution in [0.3, 0.4) is 0 Å². The van der Waals surface area contributed by atoms with Crippen molar-refractivity contribution < 1.29 is 17.9 Å². The van der Waals surface area contributed by atoms with Crippen molar-refractivity contribution in [2.45, 2.75) is 17.7 Å². The number of methoxy groups -OCH3 is 1. The highest BCUT2D eigenvalue weighted by molar-refractivity contribution is 7.89. The molecular formula is C14H24ClN3O4S. The number of hydrogen-bond acceptors (Lipinski definition) is 5. The molecule has 0 bridgehead atoms. The summed E-state index contributed by atoms with van der Waals surface area (Å²) in [5, 5.41) is 2.74. The summed E-state index contributed by atoms with van der Waals surface area (Å²) < 4.78 is 31.3. The van der Waals surface area contributed by atoms with Gasteiger partial charge in [0.25, 0.3) is 5.91 Å². The van der Waals surface area contributed by atoms with Crippen LogP contribution in [0.15, 0.2) is 29.2 Å². The molecule has 0 heterocycles. The van der Waals surface area contributed by atoms with Gasteiger partial charge in [-0.2, -0.15) is 0 Å². The number of halogens is 1. The van der Waals surface area contributed by atoms with Crippen molar-refractivity contribution in [2.24, 2.45) is 5.73 Å².